The van der Waals surface area contributed by atoms with Crippen LogP contribution in [0.1, 0.15) is 25.0 Å². The number of aryl methyl sites for hydroxylation is 1. The maximum absolute atomic E-state index is 11.6. The van der Waals surface area contributed by atoms with Gasteiger partial charge in [0.25, 0.3) is 0 Å². The van der Waals surface area contributed by atoms with Crippen molar-refractivity contribution in [2.45, 2.75) is 26.2 Å². The van der Waals surface area contributed by atoms with E-state index in [0.717, 1.165) is 49.7 Å². The number of ether oxygens (including phenoxy) is 1. The summed E-state index contributed by atoms with van der Waals surface area (Å²) in [5, 5.41) is 6.52. The molecule has 2 heterocycles. The molecule has 1 aliphatic heterocycles. The number of carbonyl (C=O) groups excluding carboxylic acids is 1. The van der Waals surface area contributed by atoms with Crippen LogP contribution in [-0.2, 0) is 4.79 Å². The molecule has 2 aromatic rings. The number of nitrogens with one attached hydrogen (secondary N) is 2. The Morgan fingerprint density at radius 3 is 2.78 bits per heavy atom. The lowest BCUT2D eigenvalue weighted by Gasteiger charge is -2.15. The normalized spacial score (nSPS) is 13.7. The molecule has 0 aliphatic carbocycles. The lowest BCUT2D eigenvalue weighted by atomic mass is 10.3. The van der Waals surface area contributed by atoms with E-state index in [-0.39, 0.29) is 5.91 Å². The Hall–Kier alpha value is -2.83. The van der Waals surface area contributed by atoms with Gasteiger partial charge in [0.1, 0.15) is 18.2 Å². The molecule has 2 N–H and O–H groups in total. The number of anilines is 2. The molecule has 0 spiro atoms. The number of benzene rings is 1. The topological polar surface area (TPSA) is 79.4 Å². The zero-order chi connectivity index (χ0) is 18.9. The van der Waals surface area contributed by atoms with Crippen molar-refractivity contribution < 1.29 is 9.53 Å². The van der Waals surface area contributed by atoms with Gasteiger partial charge in [0.05, 0.1) is 6.54 Å². The quantitative estimate of drug-likeness (QED) is 0.627. The lowest BCUT2D eigenvalue weighted by molar-refractivity contribution is -0.127. The number of nitrogens with zero attached hydrogens (tertiary/aromatic N) is 3. The molecular weight excluding hydrogens is 342 g/mol. The molecule has 0 saturated carbocycles. The highest BCUT2D eigenvalue weighted by Crippen LogP contribution is 2.12. The first-order valence-electron chi connectivity index (χ1n) is 9.50. The van der Waals surface area contributed by atoms with Gasteiger partial charge < -0.3 is 20.3 Å². The summed E-state index contributed by atoms with van der Waals surface area (Å²) in [5.41, 5.74) is 0.897. The molecule has 0 radical (unpaired) electrons. The Bertz CT molecular complexity index is 738. The molecule has 1 aromatic heterocycles. The Kier molecular flexibility index (Phi) is 6.84. The van der Waals surface area contributed by atoms with Gasteiger partial charge in [-0.3, -0.25) is 4.79 Å². The van der Waals surface area contributed by atoms with Crippen LogP contribution >= 0.6 is 0 Å². The van der Waals surface area contributed by atoms with E-state index >= 15 is 0 Å². The van der Waals surface area contributed by atoms with Crippen LogP contribution in [0.2, 0.25) is 0 Å². The molecule has 0 bridgehead atoms. The molecule has 1 saturated heterocycles. The molecule has 7 nitrogen and oxygen atoms in total. The van der Waals surface area contributed by atoms with Crippen LogP contribution in [-0.4, -0.2) is 53.6 Å². The van der Waals surface area contributed by atoms with E-state index in [1.165, 1.54) is 0 Å². The van der Waals surface area contributed by atoms with Crippen LogP contribution < -0.4 is 15.4 Å². The van der Waals surface area contributed by atoms with Gasteiger partial charge in [-0.15, -0.1) is 0 Å². The maximum Gasteiger partial charge on any atom is 0.224 e. The summed E-state index contributed by atoms with van der Waals surface area (Å²) in [6.45, 7) is 5.57. The number of carbonyl (C=O) groups is 1. The summed E-state index contributed by atoms with van der Waals surface area (Å²) in [6.07, 6.45) is 2.56. The van der Waals surface area contributed by atoms with Gasteiger partial charge in [0.2, 0.25) is 11.9 Å². The number of likely N-dealkylation sites (tertiary alicyclic amines) is 1. The minimum atomic E-state index is 0.269. The van der Waals surface area contributed by atoms with Crippen LogP contribution in [0.25, 0.3) is 0 Å². The van der Waals surface area contributed by atoms with Crippen LogP contribution in [0.4, 0.5) is 11.8 Å². The molecular formula is C20H27N5O2. The first-order chi connectivity index (χ1) is 13.2. The van der Waals surface area contributed by atoms with Gasteiger partial charge in [-0.05, 0) is 31.9 Å². The summed E-state index contributed by atoms with van der Waals surface area (Å²) < 4.78 is 5.67. The minimum absolute atomic E-state index is 0.269. The highest BCUT2D eigenvalue weighted by molar-refractivity contribution is 5.78. The number of aromatic nitrogens is 2. The van der Waals surface area contributed by atoms with Crippen molar-refractivity contribution in [3.8, 4) is 5.75 Å². The van der Waals surface area contributed by atoms with Crippen molar-refractivity contribution in [2.24, 2.45) is 0 Å². The third kappa shape index (κ3) is 6.13. The van der Waals surface area contributed by atoms with E-state index in [9.17, 15) is 4.79 Å². The number of para-hydroxylation sites is 1. The lowest BCUT2D eigenvalue weighted by Crippen LogP contribution is -2.27. The van der Waals surface area contributed by atoms with Crippen molar-refractivity contribution in [2.75, 3.05) is 43.4 Å². The second-order valence-corrected chi connectivity index (χ2v) is 6.57. The Morgan fingerprint density at radius 1 is 1.15 bits per heavy atom. The van der Waals surface area contributed by atoms with E-state index in [1.54, 1.807) is 0 Å². The van der Waals surface area contributed by atoms with Gasteiger partial charge in [0, 0.05) is 37.8 Å². The highest BCUT2D eigenvalue weighted by Gasteiger charge is 2.18. The fraction of sp³-hybridized carbons (Fsp3) is 0.450. The van der Waals surface area contributed by atoms with E-state index in [0.29, 0.717) is 25.5 Å². The van der Waals surface area contributed by atoms with Gasteiger partial charge >= 0.3 is 0 Å². The molecule has 0 atom stereocenters. The summed E-state index contributed by atoms with van der Waals surface area (Å²) in [5.74, 6) is 2.51. The maximum atomic E-state index is 11.6. The average Bonchev–Trinajstić information content (AvgIpc) is 3.08. The molecule has 3 rings (SSSR count). The SMILES string of the molecule is Cc1cc(NCCOc2ccccc2)nc(NCCCN2CCCC2=O)n1. The fourth-order valence-electron chi connectivity index (χ4n) is 3.01. The zero-order valence-electron chi connectivity index (χ0n) is 15.8. The molecule has 1 amide bonds. The number of hydrogen-bond acceptors (Lipinski definition) is 6. The number of hydrogen-bond donors (Lipinski definition) is 2. The van der Waals surface area contributed by atoms with Crippen LogP contribution in [0.15, 0.2) is 36.4 Å². The largest absolute Gasteiger partial charge is 0.492 e. The molecule has 7 heteroatoms. The minimum Gasteiger partial charge on any atom is -0.492 e. The predicted octanol–water partition coefficient (Wildman–Crippen LogP) is 2.70. The van der Waals surface area contributed by atoms with Crippen LogP contribution in [0.5, 0.6) is 5.75 Å². The third-order valence-corrected chi connectivity index (χ3v) is 4.33. The van der Waals surface area contributed by atoms with Crippen LogP contribution in [0.3, 0.4) is 0 Å². The molecule has 1 fully saturated rings. The van der Waals surface area contributed by atoms with Crippen molar-refractivity contribution in [3.63, 3.8) is 0 Å². The van der Waals surface area contributed by atoms with Crippen molar-refractivity contribution in [1.82, 2.24) is 14.9 Å². The summed E-state index contributed by atoms with van der Waals surface area (Å²) in [6, 6.07) is 11.7. The molecule has 1 aliphatic rings. The summed E-state index contributed by atoms with van der Waals surface area (Å²) in [4.78, 5) is 22.4. The Balaban J connectivity index is 1.39. The van der Waals surface area contributed by atoms with Gasteiger partial charge in [-0.2, -0.15) is 4.98 Å². The van der Waals surface area contributed by atoms with Crippen molar-refractivity contribution in [1.29, 1.82) is 0 Å². The van der Waals surface area contributed by atoms with Gasteiger partial charge in [-0.25, -0.2) is 4.98 Å². The van der Waals surface area contributed by atoms with E-state index in [1.807, 2.05) is 48.2 Å². The fourth-order valence-corrected chi connectivity index (χ4v) is 3.01. The predicted molar refractivity (Wildman–Crippen MR) is 106 cm³/mol. The van der Waals surface area contributed by atoms with Gasteiger partial charge in [0.15, 0.2) is 0 Å². The molecule has 144 valence electrons. The summed E-state index contributed by atoms with van der Waals surface area (Å²) >= 11 is 0. The van der Waals surface area contributed by atoms with Crippen LogP contribution in [0, 0.1) is 6.92 Å². The Morgan fingerprint density at radius 2 is 2.00 bits per heavy atom. The second kappa shape index (κ2) is 9.75. The second-order valence-electron chi connectivity index (χ2n) is 6.57. The first-order valence-corrected chi connectivity index (χ1v) is 9.50. The number of rotatable bonds is 10. The summed E-state index contributed by atoms with van der Waals surface area (Å²) in [7, 11) is 0. The van der Waals surface area contributed by atoms with E-state index < -0.39 is 0 Å². The monoisotopic (exact) mass is 369 g/mol. The van der Waals surface area contributed by atoms with Crippen molar-refractivity contribution >= 4 is 17.7 Å². The standard InChI is InChI=1S/C20H27N5O2/c1-16-15-18(21-11-14-27-17-7-3-2-4-8-17)24-20(23-16)22-10-6-13-25-12-5-9-19(25)26/h2-4,7-8,15H,5-6,9-14H2,1H3,(H2,21,22,23,24). The third-order valence-electron chi connectivity index (χ3n) is 4.33. The molecule has 27 heavy (non-hydrogen) atoms. The van der Waals surface area contributed by atoms with Gasteiger partial charge in [-0.1, -0.05) is 18.2 Å². The molecule has 0 unspecified atom stereocenters. The smallest absolute Gasteiger partial charge is 0.224 e. The Labute approximate surface area is 160 Å². The highest BCUT2D eigenvalue weighted by atomic mass is 16.5. The average molecular weight is 369 g/mol. The molecule has 1 aromatic carbocycles. The van der Waals surface area contributed by atoms with E-state index in [4.69, 9.17) is 4.74 Å². The zero-order valence-corrected chi connectivity index (χ0v) is 15.8. The van der Waals surface area contributed by atoms with Crippen molar-refractivity contribution in [3.05, 3.63) is 42.1 Å². The van der Waals surface area contributed by atoms with E-state index in [2.05, 4.69) is 20.6 Å². The first kappa shape index (κ1) is 18.9. The number of amides is 1.